The number of benzene rings is 1. The summed E-state index contributed by atoms with van der Waals surface area (Å²) in [6.07, 6.45) is 0. The Bertz CT molecular complexity index is 711. The summed E-state index contributed by atoms with van der Waals surface area (Å²) in [5, 5.41) is 11.5. The third-order valence-corrected chi connectivity index (χ3v) is 2.90. The molecule has 2 rings (SSSR count). The highest BCUT2D eigenvalue weighted by Gasteiger charge is 2.11. The summed E-state index contributed by atoms with van der Waals surface area (Å²) in [6, 6.07) is 13.2. The fraction of sp³-hybridized carbons (Fsp3) is 0.133. The maximum absolute atomic E-state index is 12.0. The van der Waals surface area contributed by atoms with E-state index in [1.54, 1.807) is 30.3 Å². The van der Waals surface area contributed by atoms with Gasteiger partial charge in [-0.2, -0.15) is 5.26 Å². The Morgan fingerprint density at radius 3 is 2.55 bits per heavy atom. The van der Waals surface area contributed by atoms with Gasteiger partial charge in [0, 0.05) is 6.07 Å². The number of carbonyl (C=O) groups excluding carboxylic acids is 1. The summed E-state index contributed by atoms with van der Waals surface area (Å²) in [5.41, 5.74) is 1.36. The number of nitrogens with zero attached hydrogens (tertiary/aromatic N) is 1. The molecule has 0 fully saturated rings. The zero-order chi connectivity index (χ0) is 14.5. The molecule has 0 aliphatic carbocycles. The number of nitrogens with one attached hydrogen (secondary N) is 2. The van der Waals surface area contributed by atoms with Gasteiger partial charge in [0.05, 0.1) is 17.7 Å². The van der Waals surface area contributed by atoms with Crippen LogP contribution in [0, 0.1) is 11.3 Å². The van der Waals surface area contributed by atoms with Gasteiger partial charge < -0.3 is 10.3 Å². The normalized spacial score (nSPS) is 11.4. The fourth-order valence-corrected chi connectivity index (χ4v) is 1.78. The highest BCUT2D eigenvalue weighted by molar-refractivity contribution is 5.92. The number of hydrogen-bond donors (Lipinski definition) is 2. The Morgan fingerprint density at radius 2 is 1.95 bits per heavy atom. The molecule has 100 valence electrons. The number of pyridine rings is 1. The van der Waals surface area contributed by atoms with Crippen molar-refractivity contribution in [2.45, 2.75) is 13.0 Å². The van der Waals surface area contributed by atoms with E-state index >= 15 is 0 Å². The van der Waals surface area contributed by atoms with Crippen molar-refractivity contribution in [1.29, 1.82) is 5.26 Å². The van der Waals surface area contributed by atoms with Gasteiger partial charge in [-0.1, -0.05) is 18.2 Å². The molecule has 1 atom stereocenters. The molecule has 5 heteroatoms. The number of hydrogen-bond acceptors (Lipinski definition) is 3. The fourth-order valence-electron chi connectivity index (χ4n) is 1.78. The van der Waals surface area contributed by atoms with Gasteiger partial charge >= 0.3 is 0 Å². The number of carbonyl (C=O) groups is 1. The van der Waals surface area contributed by atoms with Crippen LogP contribution in [0.25, 0.3) is 0 Å². The maximum atomic E-state index is 12.0. The van der Waals surface area contributed by atoms with Crippen molar-refractivity contribution in [2.24, 2.45) is 0 Å². The average Bonchev–Trinajstić information content (AvgIpc) is 2.47. The van der Waals surface area contributed by atoms with Crippen molar-refractivity contribution in [1.82, 2.24) is 10.3 Å². The maximum Gasteiger partial charge on any atom is 0.268 e. The SMILES string of the molecule is CC(NC(=O)c1cccc(=O)[nH]1)c1ccc(C#N)cc1. The second kappa shape index (κ2) is 5.85. The number of amides is 1. The Hall–Kier alpha value is -2.87. The second-order valence-corrected chi connectivity index (χ2v) is 4.36. The third kappa shape index (κ3) is 3.12. The van der Waals surface area contributed by atoms with Crippen molar-refractivity contribution < 1.29 is 4.79 Å². The Kier molecular flexibility index (Phi) is 3.96. The Balaban J connectivity index is 2.11. The number of H-pyrrole nitrogens is 1. The van der Waals surface area contributed by atoms with E-state index in [2.05, 4.69) is 10.3 Å². The number of nitriles is 1. The summed E-state index contributed by atoms with van der Waals surface area (Å²) < 4.78 is 0. The average molecular weight is 267 g/mol. The smallest absolute Gasteiger partial charge is 0.268 e. The summed E-state index contributed by atoms with van der Waals surface area (Å²) >= 11 is 0. The number of aromatic nitrogens is 1. The molecule has 1 amide bonds. The van der Waals surface area contributed by atoms with Crippen molar-refractivity contribution >= 4 is 5.91 Å². The predicted molar refractivity (Wildman–Crippen MR) is 74.1 cm³/mol. The van der Waals surface area contributed by atoms with Crippen LogP contribution in [0.15, 0.2) is 47.3 Å². The van der Waals surface area contributed by atoms with Crippen molar-refractivity contribution in [2.75, 3.05) is 0 Å². The highest BCUT2D eigenvalue weighted by Crippen LogP contribution is 2.13. The lowest BCUT2D eigenvalue weighted by Gasteiger charge is -2.14. The van der Waals surface area contributed by atoms with Crippen LogP contribution in [0.5, 0.6) is 0 Å². The van der Waals surface area contributed by atoms with Crippen LogP contribution in [0.2, 0.25) is 0 Å². The van der Waals surface area contributed by atoms with Gasteiger partial charge in [0.25, 0.3) is 5.91 Å². The van der Waals surface area contributed by atoms with Crippen LogP contribution < -0.4 is 10.9 Å². The zero-order valence-corrected chi connectivity index (χ0v) is 10.9. The lowest BCUT2D eigenvalue weighted by atomic mass is 10.1. The van der Waals surface area contributed by atoms with Gasteiger partial charge in [-0.3, -0.25) is 9.59 Å². The summed E-state index contributed by atoms with van der Waals surface area (Å²) in [7, 11) is 0. The molecule has 0 aliphatic rings. The van der Waals surface area contributed by atoms with E-state index in [-0.39, 0.29) is 23.2 Å². The molecule has 0 radical (unpaired) electrons. The molecule has 0 aliphatic heterocycles. The van der Waals surface area contributed by atoms with Crippen LogP contribution in [-0.4, -0.2) is 10.9 Å². The minimum atomic E-state index is -0.348. The molecule has 0 saturated heterocycles. The van der Waals surface area contributed by atoms with Gasteiger partial charge in [-0.05, 0) is 30.7 Å². The molecule has 0 saturated carbocycles. The highest BCUT2D eigenvalue weighted by atomic mass is 16.2. The summed E-state index contributed by atoms with van der Waals surface area (Å²) in [5.74, 6) is -0.348. The van der Waals surface area contributed by atoms with E-state index in [0.717, 1.165) is 5.56 Å². The van der Waals surface area contributed by atoms with Gasteiger partial charge in [0.1, 0.15) is 5.69 Å². The van der Waals surface area contributed by atoms with Crippen molar-refractivity contribution in [3.8, 4) is 6.07 Å². The Morgan fingerprint density at radius 1 is 1.25 bits per heavy atom. The topological polar surface area (TPSA) is 85.8 Å². The largest absolute Gasteiger partial charge is 0.344 e. The minimum Gasteiger partial charge on any atom is -0.344 e. The van der Waals surface area contributed by atoms with Crippen molar-refractivity contribution in [3.05, 3.63) is 69.6 Å². The molecule has 1 aromatic heterocycles. The lowest BCUT2D eigenvalue weighted by molar-refractivity contribution is 0.0934. The first kappa shape index (κ1) is 13.6. The molecular formula is C15H13N3O2. The predicted octanol–water partition coefficient (Wildman–Crippen LogP) is 1.74. The van der Waals surface area contributed by atoms with Gasteiger partial charge in [-0.25, -0.2) is 0 Å². The first-order valence-electron chi connectivity index (χ1n) is 6.10. The van der Waals surface area contributed by atoms with E-state index in [0.29, 0.717) is 5.56 Å². The van der Waals surface area contributed by atoms with Crippen LogP contribution >= 0.6 is 0 Å². The van der Waals surface area contributed by atoms with E-state index < -0.39 is 0 Å². The van der Waals surface area contributed by atoms with Crippen LogP contribution in [0.3, 0.4) is 0 Å². The molecule has 0 bridgehead atoms. The van der Waals surface area contributed by atoms with Gasteiger partial charge in [-0.15, -0.1) is 0 Å². The number of rotatable bonds is 3. The molecule has 2 N–H and O–H groups in total. The van der Waals surface area contributed by atoms with Crippen LogP contribution in [-0.2, 0) is 0 Å². The Labute approximate surface area is 115 Å². The van der Waals surface area contributed by atoms with Crippen molar-refractivity contribution in [3.63, 3.8) is 0 Å². The van der Waals surface area contributed by atoms with Crippen LogP contribution in [0.1, 0.15) is 34.6 Å². The zero-order valence-electron chi connectivity index (χ0n) is 10.9. The molecule has 1 unspecified atom stereocenters. The molecular weight excluding hydrogens is 254 g/mol. The van der Waals surface area contributed by atoms with Crippen LogP contribution in [0.4, 0.5) is 0 Å². The second-order valence-electron chi connectivity index (χ2n) is 4.36. The standard InChI is InChI=1S/C15H13N3O2/c1-10(12-7-5-11(9-16)6-8-12)17-15(20)13-3-2-4-14(19)18-13/h2-8,10H,1H3,(H,17,20)(H,18,19). The summed E-state index contributed by atoms with van der Waals surface area (Å²) in [6.45, 7) is 1.83. The lowest BCUT2D eigenvalue weighted by Crippen LogP contribution is -2.28. The first-order valence-corrected chi connectivity index (χ1v) is 6.10. The van der Waals surface area contributed by atoms with E-state index in [9.17, 15) is 9.59 Å². The monoisotopic (exact) mass is 267 g/mol. The first-order chi connectivity index (χ1) is 9.60. The molecule has 1 heterocycles. The van der Waals surface area contributed by atoms with Gasteiger partial charge in [0.15, 0.2) is 0 Å². The third-order valence-electron chi connectivity index (χ3n) is 2.90. The van der Waals surface area contributed by atoms with E-state index in [1.807, 2.05) is 13.0 Å². The molecule has 2 aromatic rings. The molecule has 1 aromatic carbocycles. The molecule has 20 heavy (non-hydrogen) atoms. The minimum absolute atomic E-state index is 0.220. The summed E-state index contributed by atoms with van der Waals surface area (Å²) in [4.78, 5) is 25.6. The van der Waals surface area contributed by atoms with E-state index in [1.165, 1.54) is 12.1 Å². The van der Waals surface area contributed by atoms with Gasteiger partial charge in [0.2, 0.25) is 5.56 Å². The quantitative estimate of drug-likeness (QED) is 0.888. The molecule has 5 nitrogen and oxygen atoms in total. The molecule has 0 spiro atoms. The number of aromatic amines is 1. The van der Waals surface area contributed by atoms with E-state index in [4.69, 9.17) is 5.26 Å².